The Morgan fingerprint density at radius 2 is 2.20 bits per heavy atom. The van der Waals surface area contributed by atoms with Crippen LogP contribution in [0.15, 0.2) is 28.7 Å². The normalized spacial score (nSPS) is 21.9. The predicted molar refractivity (Wildman–Crippen MR) is 85.1 cm³/mol. The number of fused-ring (bicyclic) bond motifs is 1. The van der Waals surface area contributed by atoms with Crippen LogP contribution < -0.4 is 5.32 Å². The number of hydrogen-bond acceptors (Lipinski definition) is 3. The molecule has 1 fully saturated rings. The first kappa shape index (κ1) is 14.0. The average molecular weight is 354 g/mol. The SMILES string of the molecule is O=C(O)CC1CC(NCc2cc3cc(Br)ccc3s2)C1. The van der Waals surface area contributed by atoms with Crippen LogP contribution >= 0.6 is 27.3 Å². The van der Waals surface area contributed by atoms with E-state index in [0.717, 1.165) is 23.9 Å². The maximum Gasteiger partial charge on any atom is 0.303 e. The maximum absolute atomic E-state index is 10.6. The van der Waals surface area contributed by atoms with Gasteiger partial charge in [0.25, 0.3) is 0 Å². The Balaban J connectivity index is 1.52. The lowest BCUT2D eigenvalue weighted by Crippen LogP contribution is -2.41. The van der Waals surface area contributed by atoms with Crippen LogP contribution in [0.5, 0.6) is 0 Å². The second-order valence-corrected chi connectivity index (χ2v) is 7.49. The summed E-state index contributed by atoms with van der Waals surface area (Å²) in [5, 5.41) is 13.5. The van der Waals surface area contributed by atoms with Gasteiger partial charge in [-0.05, 0) is 48.4 Å². The molecular weight excluding hydrogens is 338 g/mol. The van der Waals surface area contributed by atoms with E-state index in [-0.39, 0.29) is 0 Å². The van der Waals surface area contributed by atoms with Crippen LogP contribution in [0.2, 0.25) is 0 Å². The molecule has 1 aliphatic carbocycles. The third-order valence-corrected chi connectivity index (χ3v) is 5.40. The molecule has 0 amide bonds. The number of nitrogens with one attached hydrogen (secondary N) is 1. The molecule has 3 nitrogen and oxygen atoms in total. The number of rotatable bonds is 5. The molecule has 0 bridgehead atoms. The molecule has 1 saturated carbocycles. The molecule has 0 atom stereocenters. The zero-order chi connectivity index (χ0) is 14.1. The lowest BCUT2D eigenvalue weighted by Gasteiger charge is -2.35. The lowest BCUT2D eigenvalue weighted by atomic mass is 9.78. The molecule has 1 aromatic heterocycles. The van der Waals surface area contributed by atoms with Crippen LogP contribution in [0, 0.1) is 5.92 Å². The number of hydrogen-bond donors (Lipinski definition) is 2. The Labute approximate surface area is 130 Å². The fourth-order valence-electron chi connectivity index (χ4n) is 2.72. The molecule has 1 aromatic carbocycles. The highest BCUT2D eigenvalue weighted by Crippen LogP contribution is 2.32. The second-order valence-electron chi connectivity index (χ2n) is 5.41. The molecule has 2 aromatic rings. The van der Waals surface area contributed by atoms with E-state index in [2.05, 4.69) is 45.5 Å². The Morgan fingerprint density at radius 3 is 2.95 bits per heavy atom. The van der Waals surface area contributed by atoms with E-state index < -0.39 is 5.97 Å². The molecule has 106 valence electrons. The van der Waals surface area contributed by atoms with Crippen molar-refractivity contribution < 1.29 is 9.90 Å². The molecular formula is C15H16BrNO2S. The first-order chi connectivity index (χ1) is 9.60. The second kappa shape index (κ2) is 5.84. The minimum absolute atomic E-state index is 0.315. The third-order valence-electron chi connectivity index (χ3n) is 3.79. The third kappa shape index (κ3) is 3.22. The molecule has 1 heterocycles. The van der Waals surface area contributed by atoms with Crippen molar-refractivity contribution in [2.75, 3.05) is 0 Å². The molecule has 5 heteroatoms. The average Bonchev–Trinajstić information content (AvgIpc) is 2.73. The number of halogens is 1. The topological polar surface area (TPSA) is 49.3 Å². The molecule has 0 unspecified atom stereocenters. The minimum atomic E-state index is -0.677. The van der Waals surface area contributed by atoms with E-state index in [0.29, 0.717) is 18.4 Å². The van der Waals surface area contributed by atoms with Gasteiger partial charge in [-0.25, -0.2) is 0 Å². The largest absolute Gasteiger partial charge is 0.481 e. The van der Waals surface area contributed by atoms with E-state index in [9.17, 15) is 4.79 Å². The van der Waals surface area contributed by atoms with Crippen LogP contribution in [-0.2, 0) is 11.3 Å². The van der Waals surface area contributed by atoms with Crippen molar-refractivity contribution in [3.63, 3.8) is 0 Å². The first-order valence-electron chi connectivity index (χ1n) is 6.73. The standard InChI is InChI=1S/C15H16BrNO2S/c16-11-1-2-14-10(6-11)7-13(20-14)8-17-12-3-9(4-12)5-15(18)19/h1-2,6-7,9,12,17H,3-5,8H2,(H,18,19). The van der Waals surface area contributed by atoms with Crippen LogP contribution in [-0.4, -0.2) is 17.1 Å². The highest BCUT2D eigenvalue weighted by molar-refractivity contribution is 9.10. The van der Waals surface area contributed by atoms with Gasteiger partial charge in [-0.2, -0.15) is 0 Å². The Hall–Kier alpha value is -0.910. The molecule has 0 aliphatic heterocycles. The van der Waals surface area contributed by atoms with E-state index in [1.807, 2.05) is 11.3 Å². The van der Waals surface area contributed by atoms with Crippen LogP contribution in [0.3, 0.4) is 0 Å². The molecule has 3 rings (SSSR count). The quantitative estimate of drug-likeness (QED) is 0.853. The zero-order valence-corrected chi connectivity index (χ0v) is 13.3. The maximum atomic E-state index is 10.6. The van der Waals surface area contributed by atoms with Crippen molar-refractivity contribution in [3.05, 3.63) is 33.6 Å². The molecule has 1 aliphatic rings. The Bertz CT molecular complexity index is 634. The summed E-state index contributed by atoms with van der Waals surface area (Å²) in [4.78, 5) is 11.9. The Morgan fingerprint density at radius 1 is 1.40 bits per heavy atom. The van der Waals surface area contributed by atoms with Gasteiger partial charge >= 0.3 is 5.97 Å². The van der Waals surface area contributed by atoms with Gasteiger partial charge in [-0.15, -0.1) is 11.3 Å². The van der Waals surface area contributed by atoms with Gasteiger partial charge < -0.3 is 10.4 Å². The minimum Gasteiger partial charge on any atom is -0.481 e. The van der Waals surface area contributed by atoms with Crippen molar-refractivity contribution >= 4 is 43.3 Å². The van der Waals surface area contributed by atoms with Gasteiger partial charge in [0.05, 0.1) is 0 Å². The summed E-state index contributed by atoms with van der Waals surface area (Å²) >= 11 is 5.31. The van der Waals surface area contributed by atoms with E-state index in [1.165, 1.54) is 15.0 Å². The number of aliphatic carboxylic acids is 1. The van der Waals surface area contributed by atoms with E-state index >= 15 is 0 Å². The van der Waals surface area contributed by atoms with Gasteiger partial charge in [0.2, 0.25) is 0 Å². The van der Waals surface area contributed by atoms with Gasteiger partial charge in [0.15, 0.2) is 0 Å². The van der Waals surface area contributed by atoms with Crippen molar-refractivity contribution in [1.29, 1.82) is 0 Å². The van der Waals surface area contributed by atoms with Crippen LogP contribution in [0.1, 0.15) is 24.1 Å². The fraction of sp³-hybridized carbons (Fsp3) is 0.400. The van der Waals surface area contributed by atoms with Gasteiger partial charge in [-0.1, -0.05) is 15.9 Å². The van der Waals surface area contributed by atoms with Crippen molar-refractivity contribution in [2.24, 2.45) is 5.92 Å². The smallest absolute Gasteiger partial charge is 0.303 e. The van der Waals surface area contributed by atoms with Crippen molar-refractivity contribution in [2.45, 2.75) is 31.8 Å². The summed E-state index contributed by atoms with van der Waals surface area (Å²) < 4.78 is 2.42. The molecule has 2 N–H and O–H groups in total. The fourth-order valence-corrected chi connectivity index (χ4v) is 4.09. The van der Waals surface area contributed by atoms with Crippen molar-refractivity contribution in [3.8, 4) is 0 Å². The summed E-state index contributed by atoms with van der Waals surface area (Å²) in [7, 11) is 0. The summed E-state index contributed by atoms with van der Waals surface area (Å²) in [6.45, 7) is 0.876. The van der Waals surface area contributed by atoms with Gasteiger partial charge in [-0.3, -0.25) is 4.79 Å². The number of carboxylic acids is 1. The summed E-state index contributed by atoms with van der Waals surface area (Å²) in [5.74, 6) is -0.313. The number of carboxylic acid groups (broad SMARTS) is 1. The van der Waals surface area contributed by atoms with E-state index in [1.54, 1.807) is 0 Å². The van der Waals surface area contributed by atoms with Crippen molar-refractivity contribution in [1.82, 2.24) is 5.32 Å². The highest BCUT2D eigenvalue weighted by Gasteiger charge is 2.30. The number of benzene rings is 1. The van der Waals surface area contributed by atoms with Gasteiger partial charge in [0.1, 0.15) is 0 Å². The molecule has 0 saturated heterocycles. The number of carbonyl (C=O) groups is 1. The van der Waals surface area contributed by atoms with Crippen LogP contribution in [0.25, 0.3) is 10.1 Å². The van der Waals surface area contributed by atoms with Crippen LogP contribution in [0.4, 0.5) is 0 Å². The lowest BCUT2D eigenvalue weighted by molar-refractivity contribution is -0.138. The summed E-state index contributed by atoms with van der Waals surface area (Å²) in [6.07, 6.45) is 2.29. The first-order valence-corrected chi connectivity index (χ1v) is 8.34. The molecule has 0 spiro atoms. The monoisotopic (exact) mass is 353 g/mol. The van der Waals surface area contributed by atoms with E-state index in [4.69, 9.17) is 5.11 Å². The predicted octanol–water partition coefficient (Wildman–Crippen LogP) is 4.01. The molecule has 0 radical (unpaired) electrons. The van der Waals surface area contributed by atoms with Gasteiger partial charge in [0, 0.05) is 33.1 Å². The number of thiophene rings is 1. The Kier molecular flexibility index (Phi) is 4.10. The zero-order valence-electron chi connectivity index (χ0n) is 10.9. The highest BCUT2D eigenvalue weighted by atomic mass is 79.9. The summed E-state index contributed by atoms with van der Waals surface area (Å²) in [5.41, 5.74) is 0. The summed E-state index contributed by atoms with van der Waals surface area (Å²) in [6, 6.07) is 9.06. The molecule has 20 heavy (non-hydrogen) atoms.